The molecule has 0 aromatic heterocycles. The van der Waals surface area contributed by atoms with Gasteiger partial charge in [-0.05, 0) is 49.1 Å². The molecule has 1 fully saturated rings. The first-order chi connectivity index (χ1) is 13.0. The normalized spacial score (nSPS) is 16.5. The molecule has 142 valence electrons. The molecular weight excluding hydrogens is 338 g/mol. The molecule has 1 amide bonds. The zero-order chi connectivity index (χ0) is 19.3. The van der Waals surface area contributed by atoms with Gasteiger partial charge < -0.3 is 14.7 Å². The van der Waals surface area contributed by atoms with Crippen molar-refractivity contribution in [3.8, 4) is 5.75 Å². The second-order valence-electron chi connectivity index (χ2n) is 7.32. The molecule has 1 heterocycles. The summed E-state index contributed by atoms with van der Waals surface area (Å²) in [5, 5.41) is 10.9. The third kappa shape index (κ3) is 5.20. The van der Waals surface area contributed by atoms with Crippen LogP contribution in [0.15, 0.2) is 54.6 Å². The van der Waals surface area contributed by atoms with Gasteiger partial charge in [-0.15, -0.1) is 0 Å². The van der Waals surface area contributed by atoms with Crippen molar-refractivity contribution in [3.05, 3.63) is 71.3 Å². The number of rotatable bonds is 5. The number of piperidine rings is 1. The maximum atomic E-state index is 12.4. The van der Waals surface area contributed by atoms with Crippen molar-refractivity contribution >= 4 is 12.0 Å². The number of methoxy groups -OCH3 is 1. The molecule has 1 saturated heterocycles. The van der Waals surface area contributed by atoms with Crippen molar-refractivity contribution in [3.63, 3.8) is 0 Å². The van der Waals surface area contributed by atoms with Gasteiger partial charge in [0.05, 0.1) is 12.7 Å². The van der Waals surface area contributed by atoms with Gasteiger partial charge in [0, 0.05) is 25.6 Å². The smallest absolute Gasteiger partial charge is 0.246 e. The molecule has 3 rings (SSSR count). The molecule has 4 heteroatoms. The number of hydrogen-bond acceptors (Lipinski definition) is 3. The lowest BCUT2D eigenvalue weighted by atomic mass is 9.85. The Morgan fingerprint density at radius 3 is 2.33 bits per heavy atom. The van der Waals surface area contributed by atoms with Crippen LogP contribution in [0.2, 0.25) is 0 Å². The van der Waals surface area contributed by atoms with Crippen molar-refractivity contribution in [2.24, 2.45) is 0 Å². The predicted octanol–water partition coefficient (Wildman–Crippen LogP) is 3.61. The van der Waals surface area contributed by atoms with Crippen LogP contribution in [0, 0.1) is 6.92 Å². The first-order valence-electron chi connectivity index (χ1n) is 9.36. The summed E-state index contributed by atoms with van der Waals surface area (Å²) in [5.74, 6) is 0.783. The fraction of sp³-hybridized carbons (Fsp3) is 0.348. The number of aliphatic hydroxyl groups is 1. The van der Waals surface area contributed by atoms with E-state index in [0.29, 0.717) is 32.4 Å². The summed E-state index contributed by atoms with van der Waals surface area (Å²) in [5.41, 5.74) is 2.58. The fourth-order valence-corrected chi connectivity index (χ4v) is 3.39. The summed E-state index contributed by atoms with van der Waals surface area (Å²) in [6.07, 6.45) is 5.25. The number of likely N-dealkylation sites (tertiary alicyclic amines) is 1. The Kier molecular flexibility index (Phi) is 5.97. The average molecular weight is 365 g/mol. The molecule has 0 spiro atoms. The maximum Gasteiger partial charge on any atom is 0.246 e. The van der Waals surface area contributed by atoms with E-state index in [4.69, 9.17) is 4.74 Å². The monoisotopic (exact) mass is 365 g/mol. The zero-order valence-corrected chi connectivity index (χ0v) is 16.0. The minimum atomic E-state index is -0.730. The highest BCUT2D eigenvalue weighted by molar-refractivity contribution is 5.91. The number of aryl methyl sites for hydroxylation is 1. The zero-order valence-electron chi connectivity index (χ0n) is 16.0. The van der Waals surface area contributed by atoms with E-state index < -0.39 is 5.60 Å². The lowest BCUT2D eigenvalue weighted by molar-refractivity contribution is -0.130. The lowest BCUT2D eigenvalue weighted by Crippen LogP contribution is -2.47. The quantitative estimate of drug-likeness (QED) is 0.824. The van der Waals surface area contributed by atoms with Gasteiger partial charge in [0.25, 0.3) is 0 Å². The molecule has 2 aromatic rings. The van der Waals surface area contributed by atoms with E-state index in [2.05, 4.69) is 31.2 Å². The van der Waals surface area contributed by atoms with E-state index in [9.17, 15) is 9.90 Å². The van der Waals surface area contributed by atoms with Crippen LogP contribution in [-0.4, -0.2) is 41.7 Å². The molecule has 1 aliphatic rings. The van der Waals surface area contributed by atoms with E-state index in [1.165, 1.54) is 5.56 Å². The molecule has 4 nitrogen and oxygen atoms in total. The summed E-state index contributed by atoms with van der Waals surface area (Å²) in [4.78, 5) is 14.2. The highest BCUT2D eigenvalue weighted by Gasteiger charge is 2.33. The minimum Gasteiger partial charge on any atom is -0.497 e. The minimum absolute atomic E-state index is 0.0109. The summed E-state index contributed by atoms with van der Waals surface area (Å²) >= 11 is 0. The summed E-state index contributed by atoms with van der Waals surface area (Å²) in [7, 11) is 1.63. The van der Waals surface area contributed by atoms with Gasteiger partial charge in [-0.2, -0.15) is 0 Å². The Morgan fingerprint density at radius 2 is 1.74 bits per heavy atom. The average Bonchev–Trinajstić information content (AvgIpc) is 2.69. The van der Waals surface area contributed by atoms with Gasteiger partial charge in [-0.3, -0.25) is 4.79 Å². The molecule has 0 atom stereocenters. The second-order valence-corrected chi connectivity index (χ2v) is 7.32. The van der Waals surface area contributed by atoms with Crippen LogP contribution in [0.3, 0.4) is 0 Å². The van der Waals surface area contributed by atoms with Gasteiger partial charge in [-0.1, -0.05) is 42.0 Å². The van der Waals surface area contributed by atoms with Crippen molar-refractivity contribution in [2.45, 2.75) is 31.8 Å². The molecular formula is C23H27NO3. The van der Waals surface area contributed by atoms with E-state index in [-0.39, 0.29) is 5.91 Å². The lowest BCUT2D eigenvalue weighted by Gasteiger charge is -2.38. The largest absolute Gasteiger partial charge is 0.497 e. The van der Waals surface area contributed by atoms with E-state index in [1.54, 1.807) is 13.2 Å². The van der Waals surface area contributed by atoms with E-state index >= 15 is 0 Å². The van der Waals surface area contributed by atoms with Crippen molar-refractivity contribution in [1.29, 1.82) is 0 Å². The van der Waals surface area contributed by atoms with Crippen LogP contribution in [-0.2, 0) is 11.2 Å². The highest BCUT2D eigenvalue weighted by Crippen LogP contribution is 2.27. The van der Waals surface area contributed by atoms with E-state index in [1.807, 2.05) is 35.2 Å². The Hall–Kier alpha value is -2.59. The van der Waals surface area contributed by atoms with Crippen LogP contribution >= 0.6 is 0 Å². The summed E-state index contributed by atoms with van der Waals surface area (Å²) in [6, 6.07) is 15.9. The molecule has 0 unspecified atom stereocenters. The van der Waals surface area contributed by atoms with E-state index in [0.717, 1.165) is 16.9 Å². The maximum absolute atomic E-state index is 12.4. The number of carbonyl (C=O) groups excluding carboxylic acids is 1. The Balaban J connectivity index is 1.53. The van der Waals surface area contributed by atoms with Crippen LogP contribution < -0.4 is 4.74 Å². The van der Waals surface area contributed by atoms with Gasteiger partial charge >= 0.3 is 0 Å². The topological polar surface area (TPSA) is 49.8 Å². The van der Waals surface area contributed by atoms with Gasteiger partial charge in [0.1, 0.15) is 5.75 Å². The molecule has 0 aliphatic carbocycles. The van der Waals surface area contributed by atoms with Crippen LogP contribution in [0.4, 0.5) is 0 Å². The Labute approximate surface area is 161 Å². The SMILES string of the molecule is COc1ccc(C=CC(=O)N2CCC(O)(Cc3ccc(C)cc3)CC2)cc1. The second kappa shape index (κ2) is 8.40. The number of hydrogen-bond donors (Lipinski definition) is 1. The van der Waals surface area contributed by atoms with Gasteiger partial charge in [0.15, 0.2) is 0 Å². The first-order valence-corrected chi connectivity index (χ1v) is 9.36. The Bertz CT molecular complexity index is 785. The standard InChI is InChI=1S/C23H27NO3/c1-18-3-5-20(6-4-18)17-23(26)13-15-24(16-14-23)22(25)12-9-19-7-10-21(27-2)11-8-19/h3-12,26H,13-17H2,1-2H3. The predicted molar refractivity (Wildman–Crippen MR) is 108 cm³/mol. The molecule has 0 radical (unpaired) electrons. The van der Waals surface area contributed by atoms with Crippen LogP contribution in [0.25, 0.3) is 6.08 Å². The number of ether oxygens (including phenoxy) is 1. The van der Waals surface area contributed by atoms with Crippen LogP contribution in [0.5, 0.6) is 5.75 Å². The molecule has 0 saturated carbocycles. The molecule has 1 N–H and O–H groups in total. The number of amides is 1. The van der Waals surface area contributed by atoms with Crippen molar-refractivity contribution in [2.75, 3.05) is 20.2 Å². The third-order valence-corrected chi connectivity index (χ3v) is 5.19. The van der Waals surface area contributed by atoms with Crippen molar-refractivity contribution < 1.29 is 14.6 Å². The molecule has 27 heavy (non-hydrogen) atoms. The van der Waals surface area contributed by atoms with Crippen molar-refractivity contribution in [1.82, 2.24) is 4.90 Å². The number of benzene rings is 2. The Morgan fingerprint density at radius 1 is 1.11 bits per heavy atom. The van der Waals surface area contributed by atoms with Gasteiger partial charge in [-0.25, -0.2) is 0 Å². The fourth-order valence-electron chi connectivity index (χ4n) is 3.39. The van der Waals surface area contributed by atoms with Crippen LogP contribution in [0.1, 0.15) is 29.5 Å². The molecule has 2 aromatic carbocycles. The summed E-state index contributed by atoms with van der Waals surface area (Å²) < 4.78 is 5.13. The number of nitrogens with zero attached hydrogens (tertiary/aromatic N) is 1. The summed E-state index contributed by atoms with van der Waals surface area (Å²) in [6.45, 7) is 3.21. The molecule has 0 bridgehead atoms. The van der Waals surface area contributed by atoms with Gasteiger partial charge in [0.2, 0.25) is 5.91 Å². The third-order valence-electron chi connectivity index (χ3n) is 5.19. The number of carbonyl (C=O) groups is 1. The first kappa shape index (κ1) is 19.2. The molecule has 1 aliphatic heterocycles. The highest BCUT2D eigenvalue weighted by atomic mass is 16.5.